The Morgan fingerprint density at radius 3 is 2.55 bits per heavy atom. The topological polar surface area (TPSA) is 21.9 Å². The lowest BCUT2D eigenvalue weighted by Gasteiger charge is -2.26. The van der Waals surface area contributed by atoms with Crippen molar-refractivity contribution in [2.45, 2.75) is 45.7 Å². The fourth-order valence-electron chi connectivity index (χ4n) is 2.64. The van der Waals surface area contributed by atoms with Crippen LogP contribution in [0.15, 0.2) is 0 Å². The van der Waals surface area contributed by atoms with Gasteiger partial charge in [0.1, 0.15) is 0 Å². The van der Waals surface area contributed by atoms with E-state index in [2.05, 4.69) is 26.1 Å². The second kappa shape index (κ2) is 2.48. The van der Waals surface area contributed by atoms with Crippen LogP contribution >= 0.6 is 0 Å². The molecule has 1 saturated carbocycles. The van der Waals surface area contributed by atoms with Crippen molar-refractivity contribution in [1.82, 2.24) is 5.32 Å². The number of fused-ring (bicyclic) bond motifs is 1. The zero-order valence-corrected chi connectivity index (χ0v) is 7.80. The highest BCUT2D eigenvalue weighted by molar-refractivity contribution is 5.08. The molecule has 64 valence electrons. The van der Waals surface area contributed by atoms with Crippen LogP contribution in [0, 0.1) is 17.8 Å². The van der Waals surface area contributed by atoms with Crippen molar-refractivity contribution >= 4 is 0 Å². The molecule has 0 aromatic heterocycles. The second-order valence-corrected chi connectivity index (χ2v) is 4.68. The standard InChI is InChI=1S/C10H19N/c1-6(2)8-5-4-7(3)9-10(8)11-9/h6-11H,4-5H2,1-3H3. The van der Waals surface area contributed by atoms with Crippen LogP contribution in [0.3, 0.4) is 0 Å². The molecular formula is C10H19N. The summed E-state index contributed by atoms with van der Waals surface area (Å²) in [6.07, 6.45) is 2.89. The molecule has 0 spiro atoms. The van der Waals surface area contributed by atoms with Gasteiger partial charge in [-0.25, -0.2) is 0 Å². The Bertz CT molecular complexity index is 153. The Labute approximate surface area is 69.6 Å². The fourth-order valence-corrected chi connectivity index (χ4v) is 2.64. The van der Waals surface area contributed by atoms with E-state index in [0.717, 1.165) is 29.8 Å². The highest BCUT2D eigenvalue weighted by Crippen LogP contribution is 2.41. The SMILES string of the molecule is CC(C)C1CCC(C)C2NC12. The van der Waals surface area contributed by atoms with Crippen molar-refractivity contribution in [2.75, 3.05) is 0 Å². The molecule has 1 N–H and O–H groups in total. The first-order chi connectivity index (χ1) is 5.20. The van der Waals surface area contributed by atoms with Gasteiger partial charge in [0.25, 0.3) is 0 Å². The van der Waals surface area contributed by atoms with Gasteiger partial charge in [-0.15, -0.1) is 0 Å². The molecule has 0 aromatic carbocycles. The van der Waals surface area contributed by atoms with Crippen molar-refractivity contribution in [2.24, 2.45) is 17.8 Å². The Kier molecular flexibility index (Phi) is 1.71. The number of nitrogens with one attached hydrogen (secondary N) is 1. The van der Waals surface area contributed by atoms with Crippen molar-refractivity contribution in [3.63, 3.8) is 0 Å². The summed E-state index contributed by atoms with van der Waals surface area (Å²) in [7, 11) is 0. The summed E-state index contributed by atoms with van der Waals surface area (Å²) < 4.78 is 0. The van der Waals surface area contributed by atoms with Gasteiger partial charge in [-0.1, -0.05) is 20.8 Å². The van der Waals surface area contributed by atoms with E-state index in [-0.39, 0.29) is 0 Å². The maximum Gasteiger partial charge on any atom is 0.0257 e. The predicted molar refractivity (Wildman–Crippen MR) is 47.4 cm³/mol. The van der Waals surface area contributed by atoms with E-state index in [1.54, 1.807) is 0 Å². The maximum atomic E-state index is 3.61. The third-order valence-electron chi connectivity index (χ3n) is 3.55. The van der Waals surface area contributed by atoms with E-state index >= 15 is 0 Å². The quantitative estimate of drug-likeness (QED) is 0.572. The third-order valence-corrected chi connectivity index (χ3v) is 3.55. The predicted octanol–water partition coefficient (Wildman–Crippen LogP) is 2.03. The van der Waals surface area contributed by atoms with Gasteiger partial charge in [0.15, 0.2) is 0 Å². The van der Waals surface area contributed by atoms with E-state index in [1.807, 2.05) is 0 Å². The van der Waals surface area contributed by atoms with Gasteiger partial charge >= 0.3 is 0 Å². The van der Waals surface area contributed by atoms with Crippen molar-refractivity contribution < 1.29 is 0 Å². The average molecular weight is 153 g/mol. The molecule has 1 aliphatic carbocycles. The van der Waals surface area contributed by atoms with E-state index < -0.39 is 0 Å². The zero-order valence-electron chi connectivity index (χ0n) is 7.80. The van der Waals surface area contributed by atoms with Gasteiger partial charge in [-0.2, -0.15) is 0 Å². The first kappa shape index (κ1) is 7.60. The monoisotopic (exact) mass is 153 g/mol. The fraction of sp³-hybridized carbons (Fsp3) is 1.00. The first-order valence-corrected chi connectivity index (χ1v) is 4.96. The molecule has 1 aliphatic heterocycles. The largest absolute Gasteiger partial charge is 0.308 e. The smallest absolute Gasteiger partial charge is 0.0257 e. The highest BCUT2D eigenvalue weighted by atomic mass is 15.2. The number of rotatable bonds is 1. The average Bonchev–Trinajstić information content (AvgIpc) is 2.66. The van der Waals surface area contributed by atoms with E-state index in [9.17, 15) is 0 Å². The maximum absolute atomic E-state index is 3.61. The molecule has 0 aromatic rings. The van der Waals surface area contributed by atoms with Crippen LogP contribution in [0.1, 0.15) is 33.6 Å². The number of hydrogen-bond donors (Lipinski definition) is 1. The van der Waals surface area contributed by atoms with Crippen LogP contribution in [-0.4, -0.2) is 12.1 Å². The third kappa shape index (κ3) is 1.20. The molecule has 4 unspecified atom stereocenters. The van der Waals surface area contributed by atoms with Crippen LogP contribution < -0.4 is 5.32 Å². The summed E-state index contributed by atoms with van der Waals surface area (Å²) in [5.74, 6) is 2.79. The van der Waals surface area contributed by atoms with Gasteiger partial charge < -0.3 is 5.32 Å². The Hall–Kier alpha value is -0.0400. The van der Waals surface area contributed by atoms with Gasteiger partial charge in [0, 0.05) is 12.1 Å². The molecule has 11 heavy (non-hydrogen) atoms. The van der Waals surface area contributed by atoms with Crippen LogP contribution in [0.25, 0.3) is 0 Å². The lowest BCUT2D eigenvalue weighted by Crippen LogP contribution is -2.25. The lowest BCUT2D eigenvalue weighted by molar-refractivity contribution is 0.276. The highest BCUT2D eigenvalue weighted by Gasteiger charge is 2.48. The Morgan fingerprint density at radius 1 is 1.18 bits per heavy atom. The van der Waals surface area contributed by atoms with Gasteiger partial charge in [-0.3, -0.25) is 0 Å². The molecule has 1 nitrogen and oxygen atoms in total. The second-order valence-electron chi connectivity index (χ2n) is 4.68. The van der Waals surface area contributed by atoms with Crippen molar-refractivity contribution in [3.05, 3.63) is 0 Å². The molecule has 1 saturated heterocycles. The summed E-state index contributed by atoms with van der Waals surface area (Å²) in [6, 6.07) is 1.77. The van der Waals surface area contributed by atoms with Gasteiger partial charge in [0.05, 0.1) is 0 Å². The Morgan fingerprint density at radius 2 is 1.91 bits per heavy atom. The van der Waals surface area contributed by atoms with Gasteiger partial charge in [0.2, 0.25) is 0 Å². The minimum Gasteiger partial charge on any atom is -0.308 e. The summed E-state index contributed by atoms with van der Waals surface area (Å²) in [5, 5.41) is 3.61. The van der Waals surface area contributed by atoms with Crippen LogP contribution in [0.5, 0.6) is 0 Å². The van der Waals surface area contributed by atoms with Crippen molar-refractivity contribution in [3.8, 4) is 0 Å². The van der Waals surface area contributed by atoms with Crippen LogP contribution in [0.2, 0.25) is 0 Å². The van der Waals surface area contributed by atoms with Crippen LogP contribution in [0.4, 0.5) is 0 Å². The van der Waals surface area contributed by atoms with Crippen molar-refractivity contribution in [1.29, 1.82) is 0 Å². The molecule has 1 heterocycles. The molecule has 1 heteroatoms. The summed E-state index contributed by atoms with van der Waals surface area (Å²) in [4.78, 5) is 0. The molecule has 0 bridgehead atoms. The van der Waals surface area contributed by atoms with Gasteiger partial charge in [-0.05, 0) is 30.6 Å². The molecule has 2 fully saturated rings. The molecular weight excluding hydrogens is 134 g/mol. The van der Waals surface area contributed by atoms with Crippen LogP contribution in [-0.2, 0) is 0 Å². The minimum absolute atomic E-state index is 0.880. The summed E-state index contributed by atoms with van der Waals surface area (Å²) in [6.45, 7) is 7.10. The lowest BCUT2D eigenvalue weighted by atomic mass is 9.78. The molecule has 0 amide bonds. The van der Waals surface area contributed by atoms with E-state index in [0.29, 0.717) is 0 Å². The molecule has 4 atom stereocenters. The Balaban J connectivity index is 1.97. The normalized spacial score (nSPS) is 49.1. The molecule has 2 rings (SSSR count). The first-order valence-electron chi connectivity index (χ1n) is 4.96. The minimum atomic E-state index is 0.880. The molecule has 2 aliphatic rings. The number of hydrogen-bond acceptors (Lipinski definition) is 1. The summed E-state index contributed by atoms with van der Waals surface area (Å²) >= 11 is 0. The molecule has 0 radical (unpaired) electrons. The zero-order chi connectivity index (χ0) is 8.01. The summed E-state index contributed by atoms with van der Waals surface area (Å²) in [5.41, 5.74) is 0. The van der Waals surface area contributed by atoms with E-state index in [1.165, 1.54) is 12.8 Å². The van der Waals surface area contributed by atoms with E-state index in [4.69, 9.17) is 0 Å².